The minimum Gasteiger partial charge on any atom is -0.454 e. The molecule has 4 heterocycles. The highest BCUT2D eigenvalue weighted by Gasteiger charge is 2.21. The number of aromatic nitrogens is 2. The van der Waals surface area contributed by atoms with Crippen LogP contribution in [0.1, 0.15) is 18.9 Å². The van der Waals surface area contributed by atoms with E-state index in [-0.39, 0.29) is 11.1 Å². The Bertz CT molecular complexity index is 1900. The lowest BCUT2D eigenvalue weighted by Gasteiger charge is -2.31. The van der Waals surface area contributed by atoms with Gasteiger partial charge in [-0.15, -0.1) is 0 Å². The first-order valence-electron chi connectivity index (χ1n) is 12.1. The summed E-state index contributed by atoms with van der Waals surface area (Å²) in [7, 11) is 7.50. The van der Waals surface area contributed by atoms with E-state index in [1.807, 2.05) is 36.9 Å². The summed E-state index contributed by atoms with van der Waals surface area (Å²) in [6.07, 6.45) is 2.10. The Labute approximate surface area is 201 Å². The number of aryl methyl sites for hydroxylation is 3. The fourth-order valence-electron chi connectivity index (χ4n) is 5.54. The second-order valence-electron chi connectivity index (χ2n) is 9.74. The van der Waals surface area contributed by atoms with E-state index in [0.717, 1.165) is 53.1 Å². The van der Waals surface area contributed by atoms with Gasteiger partial charge in [-0.1, -0.05) is 0 Å². The van der Waals surface area contributed by atoms with E-state index in [4.69, 9.17) is 4.42 Å². The summed E-state index contributed by atoms with van der Waals surface area (Å²) in [6.45, 7) is 4.11. The van der Waals surface area contributed by atoms with Gasteiger partial charge in [0, 0.05) is 55.8 Å². The molecular formula is C28H29N4O3+. The number of pyridine rings is 2. The molecule has 178 valence electrons. The summed E-state index contributed by atoms with van der Waals surface area (Å²) >= 11 is 0. The maximum absolute atomic E-state index is 13.5. The zero-order chi connectivity index (χ0) is 24.6. The zero-order valence-corrected chi connectivity index (χ0v) is 20.8. The number of anilines is 1. The smallest absolute Gasteiger partial charge is 0.261 e. The average molecular weight is 470 g/mol. The number of hydrogen-bond acceptors (Lipinski definition) is 4. The summed E-state index contributed by atoms with van der Waals surface area (Å²) in [6, 6.07) is 12.0. The van der Waals surface area contributed by atoms with Crippen LogP contribution in [0.5, 0.6) is 0 Å². The Morgan fingerprint density at radius 3 is 2.17 bits per heavy atom. The Morgan fingerprint density at radius 2 is 1.51 bits per heavy atom. The van der Waals surface area contributed by atoms with Crippen LogP contribution in [-0.2, 0) is 20.5 Å². The first-order chi connectivity index (χ1) is 16.8. The molecule has 0 amide bonds. The first kappa shape index (κ1) is 21.6. The second kappa shape index (κ2) is 7.57. The minimum absolute atomic E-state index is 0.165. The van der Waals surface area contributed by atoms with Gasteiger partial charge in [0.2, 0.25) is 5.36 Å². The van der Waals surface area contributed by atoms with E-state index >= 15 is 0 Å². The molecule has 3 aromatic heterocycles. The Morgan fingerprint density at radius 1 is 0.857 bits per heavy atom. The molecule has 0 saturated heterocycles. The number of nitrogens with zero attached hydrogens (tertiary/aromatic N) is 4. The maximum atomic E-state index is 13.5. The van der Waals surface area contributed by atoms with Crippen molar-refractivity contribution in [3.05, 3.63) is 68.0 Å². The standard InChI is InChI=1S/C28H29N4O3/c1-6-32-11-7-8-16-12-19-24(15-22(16)32)31(5)28(34)21-14-20-25(35-26(19)21)18-10-9-17(29(2)3)13-23(18)30(4)27(20)33/h9-10,12-15H,6-8,11H2,1-5H3/q+1. The average Bonchev–Trinajstić information content (AvgIpc) is 2.88. The zero-order valence-electron chi connectivity index (χ0n) is 20.8. The molecule has 0 radical (unpaired) electrons. The van der Waals surface area contributed by atoms with E-state index < -0.39 is 0 Å². The van der Waals surface area contributed by atoms with Crippen molar-refractivity contribution in [2.45, 2.75) is 19.8 Å². The molecule has 2 aromatic carbocycles. The van der Waals surface area contributed by atoms with Crippen LogP contribution in [0.2, 0.25) is 0 Å². The van der Waals surface area contributed by atoms with Crippen LogP contribution < -0.4 is 26.0 Å². The highest BCUT2D eigenvalue weighted by atomic mass is 16.3. The quantitative estimate of drug-likeness (QED) is 0.215. The predicted molar refractivity (Wildman–Crippen MR) is 143 cm³/mol. The van der Waals surface area contributed by atoms with Crippen molar-refractivity contribution in [2.75, 3.05) is 32.1 Å². The van der Waals surface area contributed by atoms with Crippen LogP contribution in [0.3, 0.4) is 0 Å². The van der Waals surface area contributed by atoms with Gasteiger partial charge in [0.25, 0.3) is 11.1 Å². The number of fused-ring (bicyclic) bond motifs is 7. The number of hydrogen-bond donors (Lipinski definition) is 0. The lowest BCUT2D eigenvalue weighted by Crippen LogP contribution is -2.29. The Kier molecular flexibility index (Phi) is 4.68. The van der Waals surface area contributed by atoms with Crippen molar-refractivity contribution in [3.8, 4) is 0 Å². The van der Waals surface area contributed by atoms with Crippen LogP contribution in [0.15, 0.2) is 50.4 Å². The van der Waals surface area contributed by atoms with Crippen LogP contribution in [-0.4, -0.2) is 36.3 Å². The molecule has 1 aliphatic heterocycles. The van der Waals surface area contributed by atoms with Crippen LogP contribution in [0.25, 0.3) is 43.7 Å². The monoisotopic (exact) mass is 469 g/mol. The molecule has 7 heteroatoms. The second-order valence-corrected chi connectivity index (χ2v) is 9.74. The molecule has 0 N–H and O–H groups in total. The van der Waals surface area contributed by atoms with E-state index in [2.05, 4.69) is 24.0 Å². The Balaban J connectivity index is 1.81. The summed E-state index contributed by atoms with van der Waals surface area (Å²) in [4.78, 5) is 29.2. The largest absolute Gasteiger partial charge is 0.454 e. The van der Waals surface area contributed by atoms with Crippen molar-refractivity contribution in [1.82, 2.24) is 13.7 Å². The molecule has 7 nitrogen and oxygen atoms in total. The summed E-state index contributed by atoms with van der Waals surface area (Å²) in [5.74, 6) is 0. The molecule has 0 fully saturated rings. The van der Waals surface area contributed by atoms with Crippen molar-refractivity contribution in [3.63, 3.8) is 0 Å². The van der Waals surface area contributed by atoms with Crippen molar-refractivity contribution in [2.24, 2.45) is 14.1 Å². The van der Waals surface area contributed by atoms with Gasteiger partial charge in [-0.2, -0.15) is 0 Å². The molecule has 0 unspecified atom stereocenters. The summed E-state index contributed by atoms with van der Waals surface area (Å²) in [5.41, 5.74) is 4.81. The van der Waals surface area contributed by atoms with Gasteiger partial charge in [0.15, 0.2) is 0 Å². The van der Waals surface area contributed by atoms with Crippen LogP contribution >= 0.6 is 0 Å². The molecule has 0 saturated carbocycles. The summed E-state index contributed by atoms with van der Waals surface area (Å²) < 4.78 is 11.9. The van der Waals surface area contributed by atoms with Crippen molar-refractivity contribution >= 4 is 49.4 Å². The topological polar surface area (TPSA) is 63.4 Å². The van der Waals surface area contributed by atoms with Gasteiger partial charge in [0.05, 0.1) is 21.8 Å². The first-order valence-corrected chi connectivity index (χ1v) is 12.1. The molecule has 0 spiro atoms. The molecular weight excluding hydrogens is 440 g/mol. The lowest BCUT2D eigenvalue weighted by atomic mass is 9.98. The van der Waals surface area contributed by atoms with Gasteiger partial charge >= 0.3 is 0 Å². The fourth-order valence-corrected chi connectivity index (χ4v) is 5.54. The molecule has 5 aromatic rings. The number of rotatable bonds is 1. The van der Waals surface area contributed by atoms with Gasteiger partial charge in [-0.25, -0.2) is 4.58 Å². The highest BCUT2D eigenvalue weighted by molar-refractivity contribution is 6.10. The van der Waals surface area contributed by atoms with Gasteiger partial charge < -0.3 is 18.5 Å². The molecule has 35 heavy (non-hydrogen) atoms. The van der Waals surface area contributed by atoms with E-state index in [0.29, 0.717) is 21.9 Å². The summed E-state index contributed by atoms with van der Waals surface area (Å²) in [5, 5.41) is 3.59. The molecule has 1 aliphatic rings. The SMILES string of the molecule is CCN1CCCc2cc3c4oc5c(cc4c(=O)n(C)c3cc21)c(=O)n(C)c1cc(=[N+](C)C)ccc51. The lowest BCUT2D eigenvalue weighted by molar-refractivity contribution is 0.663. The Hall–Kier alpha value is -3.87. The third-order valence-corrected chi connectivity index (χ3v) is 7.56. The van der Waals surface area contributed by atoms with E-state index in [1.165, 1.54) is 11.3 Å². The van der Waals surface area contributed by atoms with Crippen molar-refractivity contribution < 1.29 is 4.42 Å². The van der Waals surface area contributed by atoms with Gasteiger partial charge in [0.1, 0.15) is 25.3 Å². The maximum Gasteiger partial charge on any atom is 0.261 e. The molecule has 0 bridgehead atoms. The van der Waals surface area contributed by atoms with Crippen molar-refractivity contribution in [1.29, 1.82) is 0 Å². The fraction of sp³-hybridized carbons (Fsp3) is 0.321. The predicted octanol–water partition coefficient (Wildman–Crippen LogP) is 3.09. The van der Waals surface area contributed by atoms with E-state index in [1.54, 1.807) is 29.3 Å². The number of benzene rings is 2. The normalized spacial score (nSPS) is 13.8. The molecule has 0 atom stereocenters. The molecule has 0 aliphatic carbocycles. The van der Waals surface area contributed by atoms with Crippen LogP contribution in [0.4, 0.5) is 5.69 Å². The van der Waals surface area contributed by atoms with E-state index in [9.17, 15) is 9.59 Å². The molecule has 6 rings (SSSR count). The van der Waals surface area contributed by atoms with Gasteiger partial charge in [-0.05, 0) is 49.6 Å². The van der Waals surface area contributed by atoms with Gasteiger partial charge in [-0.3, -0.25) is 9.59 Å². The van der Waals surface area contributed by atoms with Crippen LogP contribution in [0, 0.1) is 0 Å². The minimum atomic E-state index is -0.180. The highest BCUT2D eigenvalue weighted by Crippen LogP contribution is 2.35. The third-order valence-electron chi connectivity index (χ3n) is 7.56. The third kappa shape index (κ3) is 3.00.